The van der Waals surface area contributed by atoms with Gasteiger partial charge in [0.05, 0.1) is 11.5 Å². The van der Waals surface area contributed by atoms with Crippen LogP contribution in [0.1, 0.15) is 33.3 Å². The van der Waals surface area contributed by atoms with Crippen LogP contribution in [0.3, 0.4) is 0 Å². The van der Waals surface area contributed by atoms with Crippen LogP contribution in [0.15, 0.2) is 22.7 Å². The van der Waals surface area contributed by atoms with Crippen LogP contribution in [-0.2, 0) is 5.41 Å². The highest BCUT2D eigenvalue weighted by Crippen LogP contribution is 2.26. The molecule has 0 heterocycles. The van der Waals surface area contributed by atoms with Gasteiger partial charge in [-0.05, 0) is 37.6 Å². The van der Waals surface area contributed by atoms with Crippen molar-refractivity contribution in [3.05, 3.63) is 34.1 Å². The Kier molecular flexibility index (Phi) is 5.53. The molecule has 0 aromatic heterocycles. The van der Waals surface area contributed by atoms with Crippen molar-refractivity contribution in [1.29, 1.82) is 5.26 Å². The minimum absolute atomic E-state index is 0.326. The third-order valence-corrected chi connectivity index (χ3v) is 2.32. The van der Waals surface area contributed by atoms with E-state index in [2.05, 4.69) is 22.0 Å². The Balaban J connectivity index is 0.000000921. The summed E-state index contributed by atoms with van der Waals surface area (Å²) >= 11 is 3.19. The van der Waals surface area contributed by atoms with Crippen LogP contribution >= 0.6 is 15.9 Å². The largest absolute Gasteiger partial charge is 0.207 e. The van der Waals surface area contributed by atoms with E-state index in [0.29, 0.717) is 10.0 Å². The van der Waals surface area contributed by atoms with Crippen molar-refractivity contribution in [1.82, 2.24) is 0 Å². The number of rotatable bonds is 1. The Morgan fingerprint density at radius 2 is 1.80 bits per heavy atom. The monoisotopic (exact) mass is 271 g/mol. The van der Waals surface area contributed by atoms with Crippen molar-refractivity contribution >= 4 is 15.9 Å². The molecular formula is C12H15BrFN. The van der Waals surface area contributed by atoms with E-state index in [-0.39, 0.29) is 5.82 Å². The molecule has 0 N–H and O–H groups in total. The molecule has 82 valence electrons. The first-order valence-electron chi connectivity index (χ1n) is 4.83. The lowest BCUT2D eigenvalue weighted by Crippen LogP contribution is -2.13. The number of halogens is 2. The first-order valence-corrected chi connectivity index (χ1v) is 5.63. The second kappa shape index (κ2) is 5.87. The van der Waals surface area contributed by atoms with Crippen LogP contribution < -0.4 is 0 Å². The number of hydrogen-bond acceptors (Lipinski definition) is 1. The standard InChI is InChI=1S/C10H9BrFN.C2H6/c1-10(2,6-13)7-3-8(11)5-9(12)4-7;1-2/h3-5H,1-2H3;1-2H3. The van der Waals surface area contributed by atoms with Gasteiger partial charge in [-0.1, -0.05) is 29.8 Å². The molecule has 0 saturated carbocycles. The number of nitrogens with zero attached hydrogens (tertiary/aromatic N) is 1. The van der Waals surface area contributed by atoms with Gasteiger partial charge in [0.15, 0.2) is 0 Å². The molecule has 0 atom stereocenters. The summed E-state index contributed by atoms with van der Waals surface area (Å²) in [5, 5.41) is 8.84. The SMILES string of the molecule is CC.CC(C)(C#N)c1cc(F)cc(Br)c1. The van der Waals surface area contributed by atoms with Gasteiger partial charge in [0.2, 0.25) is 0 Å². The fourth-order valence-electron chi connectivity index (χ4n) is 0.979. The zero-order chi connectivity index (χ0) is 12.1. The first-order chi connectivity index (χ1) is 6.95. The molecule has 1 aromatic carbocycles. The van der Waals surface area contributed by atoms with E-state index in [1.54, 1.807) is 19.9 Å². The Morgan fingerprint density at radius 3 is 2.20 bits per heavy atom. The van der Waals surface area contributed by atoms with Gasteiger partial charge in [-0.15, -0.1) is 0 Å². The van der Waals surface area contributed by atoms with E-state index < -0.39 is 5.41 Å². The van der Waals surface area contributed by atoms with E-state index in [9.17, 15) is 4.39 Å². The Morgan fingerprint density at radius 1 is 1.27 bits per heavy atom. The van der Waals surface area contributed by atoms with Crippen molar-refractivity contribution < 1.29 is 4.39 Å². The average Bonchev–Trinajstić information content (AvgIpc) is 2.19. The Labute approximate surface area is 99.1 Å². The van der Waals surface area contributed by atoms with Crippen molar-refractivity contribution in [2.24, 2.45) is 0 Å². The van der Waals surface area contributed by atoms with E-state index in [1.807, 2.05) is 13.8 Å². The van der Waals surface area contributed by atoms with Gasteiger partial charge < -0.3 is 0 Å². The fourth-order valence-corrected chi connectivity index (χ4v) is 1.44. The summed E-state index contributed by atoms with van der Waals surface area (Å²) in [6, 6.07) is 6.64. The Hall–Kier alpha value is -0.880. The van der Waals surface area contributed by atoms with Crippen LogP contribution in [0.25, 0.3) is 0 Å². The van der Waals surface area contributed by atoms with Gasteiger partial charge in [0.25, 0.3) is 0 Å². The maximum Gasteiger partial charge on any atom is 0.124 e. The van der Waals surface area contributed by atoms with E-state index in [0.717, 1.165) is 0 Å². The summed E-state index contributed by atoms with van der Waals surface area (Å²) < 4.78 is 13.6. The molecule has 3 heteroatoms. The average molecular weight is 272 g/mol. The summed E-state index contributed by atoms with van der Waals surface area (Å²) in [6.07, 6.45) is 0. The lowest BCUT2D eigenvalue weighted by molar-refractivity contribution is 0.611. The van der Waals surface area contributed by atoms with E-state index >= 15 is 0 Å². The molecule has 0 radical (unpaired) electrons. The molecule has 0 aliphatic heterocycles. The molecule has 1 rings (SSSR count). The van der Waals surface area contributed by atoms with Gasteiger partial charge >= 0.3 is 0 Å². The van der Waals surface area contributed by atoms with E-state index in [4.69, 9.17) is 5.26 Å². The number of nitriles is 1. The molecule has 0 saturated heterocycles. The summed E-state index contributed by atoms with van der Waals surface area (Å²) in [6.45, 7) is 7.52. The normalized spacial score (nSPS) is 9.93. The molecule has 0 unspecified atom stereocenters. The molecule has 0 amide bonds. The zero-order valence-electron chi connectivity index (χ0n) is 9.44. The van der Waals surface area contributed by atoms with Gasteiger partial charge in [-0.2, -0.15) is 5.26 Å². The number of hydrogen-bond donors (Lipinski definition) is 0. The second-order valence-electron chi connectivity index (χ2n) is 3.39. The van der Waals surface area contributed by atoms with Gasteiger partial charge in [0.1, 0.15) is 5.82 Å². The van der Waals surface area contributed by atoms with Gasteiger partial charge in [0, 0.05) is 4.47 Å². The highest BCUT2D eigenvalue weighted by atomic mass is 79.9. The summed E-state index contributed by atoms with van der Waals surface area (Å²) in [7, 11) is 0. The van der Waals surface area contributed by atoms with Crippen LogP contribution in [0.4, 0.5) is 4.39 Å². The smallest absolute Gasteiger partial charge is 0.124 e. The molecule has 15 heavy (non-hydrogen) atoms. The van der Waals surface area contributed by atoms with Crippen molar-refractivity contribution in [2.45, 2.75) is 33.1 Å². The number of benzene rings is 1. The summed E-state index contributed by atoms with van der Waals surface area (Å²) in [4.78, 5) is 0. The Bertz CT molecular complexity index is 346. The van der Waals surface area contributed by atoms with Crippen molar-refractivity contribution in [2.75, 3.05) is 0 Å². The molecule has 0 aliphatic carbocycles. The predicted molar refractivity (Wildman–Crippen MR) is 64.1 cm³/mol. The molecule has 0 aliphatic rings. The maximum atomic E-state index is 13.0. The molecule has 1 aromatic rings. The lowest BCUT2D eigenvalue weighted by atomic mass is 9.86. The van der Waals surface area contributed by atoms with Crippen molar-refractivity contribution in [3.63, 3.8) is 0 Å². The maximum absolute atomic E-state index is 13.0. The molecule has 0 fully saturated rings. The van der Waals surface area contributed by atoms with Gasteiger partial charge in [-0.3, -0.25) is 0 Å². The highest BCUT2D eigenvalue weighted by molar-refractivity contribution is 9.10. The lowest BCUT2D eigenvalue weighted by Gasteiger charge is -2.15. The van der Waals surface area contributed by atoms with Crippen LogP contribution in [-0.4, -0.2) is 0 Å². The van der Waals surface area contributed by atoms with E-state index in [1.165, 1.54) is 12.1 Å². The fraction of sp³-hybridized carbons (Fsp3) is 0.417. The third kappa shape index (κ3) is 4.01. The minimum Gasteiger partial charge on any atom is -0.207 e. The molecular weight excluding hydrogens is 257 g/mol. The van der Waals surface area contributed by atoms with Crippen LogP contribution in [0, 0.1) is 17.1 Å². The predicted octanol–water partition coefficient (Wildman–Crippen LogP) is 4.42. The van der Waals surface area contributed by atoms with Crippen LogP contribution in [0.5, 0.6) is 0 Å². The van der Waals surface area contributed by atoms with Crippen molar-refractivity contribution in [3.8, 4) is 6.07 Å². The quantitative estimate of drug-likeness (QED) is 0.742. The second-order valence-corrected chi connectivity index (χ2v) is 4.31. The highest BCUT2D eigenvalue weighted by Gasteiger charge is 2.20. The molecule has 0 spiro atoms. The zero-order valence-corrected chi connectivity index (χ0v) is 11.0. The summed E-state index contributed by atoms with van der Waals surface area (Å²) in [5.74, 6) is -0.326. The van der Waals surface area contributed by atoms with Gasteiger partial charge in [-0.25, -0.2) is 4.39 Å². The minimum atomic E-state index is -0.648. The first kappa shape index (κ1) is 14.1. The molecule has 0 bridgehead atoms. The van der Waals surface area contributed by atoms with Crippen LogP contribution in [0.2, 0.25) is 0 Å². The molecule has 1 nitrogen and oxygen atoms in total. The summed E-state index contributed by atoms with van der Waals surface area (Å²) in [5.41, 5.74) is 0.0341. The third-order valence-electron chi connectivity index (χ3n) is 1.86. The topological polar surface area (TPSA) is 23.8 Å².